The summed E-state index contributed by atoms with van der Waals surface area (Å²) in [6.07, 6.45) is 6.77. The lowest BCUT2D eigenvalue weighted by Crippen LogP contribution is -2.50. The Morgan fingerprint density at radius 3 is 2.50 bits per heavy atom. The molecule has 0 aromatic heterocycles. The number of nitrogens with one attached hydrogen (secondary N) is 1. The van der Waals surface area contributed by atoms with Crippen molar-refractivity contribution in [2.75, 3.05) is 18.0 Å². The van der Waals surface area contributed by atoms with E-state index in [9.17, 15) is 4.79 Å². The van der Waals surface area contributed by atoms with Gasteiger partial charge in [0.05, 0.1) is 0 Å². The first-order valence-electron chi connectivity index (χ1n) is 9.56. The summed E-state index contributed by atoms with van der Waals surface area (Å²) in [5, 5.41) is 3.33. The fraction of sp³-hybridized carbons (Fsp3) is 0.650. The van der Waals surface area contributed by atoms with Crippen molar-refractivity contribution in [3.8, 4) is 0 Å². The van der Waals surface area contributed by atoms with Crippen LogP contribution in [0.1, 0.15) is 38.5 Å². The average Bonchev–Trinajstić information content (AvgIpc) is 3.04. The van der Waals surface area contributed by atoms with Crippen LogP contribution in [0.2, 0.25) is 0 Å². The summed E-state index contributed by atoms with van der Waals surface area (Å²) in [5.41, 5.74) is 7.61. The molecule has 3 unspecified atom stereocenters. The molecule has 3 atom stereocenters. The summed E-state index contributed by atoms with van der Waals surface area (Å²) in [4.78, 5) is 15.1. The standard InChI is InChI=1S/C20H29N3O/c21-19-14-5-4-6-15(19)12-16(11-14)20(24)22-17-9-10-23(13-17)18-7-2-1-3-8-18/h1-3,7-8,14-17,19H,4-6,9-13,21H2,(H,22,24). The number of anilines is 1. The van der Waals surface area contributed by atoms with Gasteiger partial charge in [0, 0.05) is 36.8 Å². The largest absolute Gasteiger partial charge is 0.369 e. The average molecular weight is 327 g/mol. The Morgan fingerprint density at radius 1 is 1.08 bits per heavy atom. The van der Waals surface area contributed by atoms with Crippen molar-refractivity contribution in [1.82, 2.24) is 5.32 Å². The summed E-state index contributed by atoms with van der Waals surface area (Å²) in [6, 6.07) is 11.1. The second-order valence-corrected chi connectivity index (χ2v) is 7.97. The second-order valence-electron chi connectivity index (χ2n) is 7.97. The molecule has 24 heavy (non-hydrogen) atoms. The third kappa shape index (κ3) is 3.16. The lowest BCUT2D eigenvalue weighted by Gasteiger charge is -2.43. The van der Waals surface area contributed by atoms with Gasteiger partial charge in [-0.25, -0.2) is 0 Å². The molecule has 2 aliphatic carbocycles. The first-order valence-corrected chi connectivity index (χ1v) is 9.56. The van der Waals surface area contributed by atoms with E-state index in [2.05, 4.69) is 34.5 Å². The Kier molecular flexibility index (Phi) is 4.49. The molecule has 1 heterocycles. The van der Waals surface area contributed by atoms with Gasteiger partial charge in [-0.2, -0.15) is 0 Å². The molecule has 4 rings (SSSR count). The fourth-order valence-corrected chi connectivity index (χ4v) is 5.07. The molecule has 130 valence electrons. The van der Waals surface area contributed by atoms with Crippen LogP contribution in [0, 0.1) is 17.8 Å². The van der Waals surface area contributed by atoms with Gasteiger partial charge in [-0.3, -0.25) is 4.79 Å². The Labute approximate surface area is 144 Å². The van der Waals surface area contributed by atoms with E-state index in [0.29, 0.717) is 17.9 Å². The van der Waals surface area contributed by atoms with Crippen molar-refractivity contribution in [1.29, 1.82) is 0 Å². The molecule has 2 bridgehead atoms. The fourth-order valence-electron chi connectivity index (χ4n) is 5.07. The topological polar surface area (TPSA) is 58.4 Å². The van der Waals surface area contributed by atoms with E-state index in [1.165, 1.54) is 24.9 Å². The van der Waals surface area contributed by atoms with Gasteiger partial charge in [0.25, 0.3) is 0 Å². The first kappa shape index (κ1) is 15.9. The maximum absolute atomic E-state index is 12.8. The molecule has 0 spiro atoms. The number of nitrogens with zero attached hydrogens (tertiary/aromatic N) is 1. The smallest absolute Gasteiger partial charge is 0.223 e. The number of hydrogen-bond donors (Lipinski definition) is 2. The highest BCUT2D eigenvalue weighted by Gasteiger charge is 2.41. The molecule has 1 aromatic rings. The number of fused-ring (bicyclic) bond motifs is 2. The molecule has 1 aromatic carbocycles. The molecule has 1 aliphatic heterocycles. The van der Waals surface area contributed by atoms with Crippen LogP contribution in [0.15, 0.2) is 30.3 Å². The molecule has 3 N–H and O–H groups in total. The Bertz CT molecular complexity index is 562. The second kappa shape index (κ2) is 6.75. The van der Waals surface area contributed by atoms with Crippen molar-refractivity contribution < 1.29 is 4.79 Å². The van der Waals surface area contributed by atoms with Gasteiger partial charge < -0.3 is 16.0 Å². The number of hydrogen-bond acceptors (Lipinski definition) is 3. The summed E-state index contributed by atoms with van der Waals surface area (Å²) in [5.74, 6) is 1.60. The zero-order chi connectivity index (χ0) is 16.5. The van der Waals surface area contributed by atoms with E-state index < -0.39 is 0 Å². The quantitative estimate of drug-likeness (QED) is 0.897. The van der Waals surface area contributed by atoms with Gasteiger partial charge >= 0.3 is 0 Å². The minimum Gasteiger partial charge on any atom is -0.369 e. The van der Waals surface area contributed by atoms with E-state index >= 15 is 0 Å². The molecular formula is C20H29N3O. The Morgan fingerprint density at radius 2 is 1.79 bits per heavy atom. The van der Waals surface area contributed by atoms with Gasteiger partial charge in [-0.05, 0) is 56.1 Å². The zero-order valence-corrected chi connectivity index (χ0v) is 14.4. The van der Waals surface area contributed by atoms with Crippen LogP contribution < -0.4 is 16.0 Å². The first-order chi connectivity index (χ1) is 11.7. The minimum atomic E-state index is 0.186. The van der Waals surface area contributed by atoms with Crippen molar-refractivity contribution >= 4 is 11.6 Å². The van der Waals surface area contributed by atoms with Crippen molar-refractivity contribution in [2.45, 2.75) is 50.6 Å². The highest BCUT2D eigenvalue weighted by molar-refractivity contribution is 5.79. The molecule has 1 saturated heterocycles. The highest BCUT2D eigenvalue weighted by atomic mass is 16.2. The number of nitrogens with two attached hydrogens (primary N) is 1. The van der Waals surface area contributed by atoms with Crippen molar-refractivity contribution in [3.05, 3.63) is 30.3 Å². The summed E-state index contributed by atoms with van der Waals surface area (Å²) in [7, 11) is 0. The van der Waals surface area contributed by atoms with Crippen LogP contribution in [-0.2, 0) is 4.79 Å². The third-order valence-electron chi connectivity index (χ3n) is 6.44. The van der Waals surface area contributed by atoms with Crippen LogP contribution in [-0.4, -0.2) is 31.1 Å². The number of para-hydroxylation sites is 1. The van der Waals surface area contributed by atoms with Gasteiger partial charge in [0.1, 0.15) is 0 Å². The monoisotopic (exact) mass is 327 g/mol. The van der Waals surface area contributed by atoms with Crippen molar-refractivity contribution in [3.63, 3.8) is 0 Å². The SMILES string of the molecule is NC1C2CCCC1CC(C(=O)NC1CCN(c3ccccc3)C1)C2. The van der Waals surface area contributed by atoms with E-state index in [4.69, 9.17) is 5.73 Å². The van der Waals surface area contributed by atoms with E-state index in [1.54, 1.807) is 0 Å². The molecule has 3 fully saturated rings. The lowest BCUT2D eigenvalue weighted by molar-refractivity contribution is -0.128. The van der Waals surface area contributed by atoms with E-state index in [0.717, 1.165) is 32.4 Å². The predicted octanol–water partition coefficient (Wildman–Crippen LogP) is 2.54. The molecule has 0 radical (unpaired) electrons. The van der Waals surface area contributed by atoms with Crippen LogP contribution in [0.4, 0.5) is 5.69 Å². The molecule has 4 heteroatoms. The molecular weight excluding hydrogens is 298 g/mol. The maximum atomic E-state index is 12.8. The number of amides is 1. The van der Waals surface area contributed by atoms with Gasteiger partial charge in [0.15, 0.2) is 0 Å². The van der Waals surface area contributed by atoms with Crippen molar-refractivity contribution in [2.24, 2.45) is 23.5 Å². The van der Waals surface area contributed by atoms with Gasteiger partial charge in [0.2, 0.25) is 5.91 Å². The molecule has 4 nitrogen and oxygen atoms in total. The normalized spacial score (nSPS) is 35.7. The molecule has 1 amide bonds. The lowest BCUT2D eigenvalue weighted by atomic mass is 9.65. The Hall–Kier alpha value is -1.55. The summed E-state index contributed by atoms with van der Waals surface area (Å²) >= 11 is 0. The summed E-state index contributed by atoms with van der Waals surface area (Å²) < 4.78 is 0. The van der Waals surface area contributed by atoms with Gasteiger partial charge in [-0.1, -0.05) is 24.6 Å². The van der Waals surface area contributed by atoms with Gasteiger partial charge in [-0.15, -0.1) is 0 Å². The third-order valence-corrected chi connectivity index (χ3v) is 6.44. The Balaban J connectivity index is 1.32. The van der Waals surface area contributed by atoms with Crippen LogP contribution >= 0.6 is 0 Å². The predicted molar refractivity (Wildman–Crippen MR) is 96.7 cm³/mol. The van der Waals surface area contributed by atoms with Crippen LogP contribution in [0.3, 0.4) is 0 Å². The number of carbonyl (C=O) groups excluding carboxylic acids is 1. The number of carbonyl (C=O) groups is 1. The maximum Gasteiger partial charge on any atom is 0.223 e. The van der Waals surface area contributed by atoms with Crippen LogP contribution in [0.25, 0.3) is 0 Å². The number of rotatable bonds is 3. The van der Waals surface area contributed by atoms with E-state index in [1.807, 2.05) is 6.07 Å². The molecule has 2 saturated carbocycles. The molecule has 3 aliphatic rings. The summed E-state index contributed by atoms with van der Waals surface area (Å²) in [6.45, 7) is 1.95. The van der Waals surface area contributed by atoms with Crippen LogP contribution in [0.5, 0.6) is 0 Å². The van der Waals surface area contributed by atoms with E-state index in [-0.39, 0.29) is 17.9 Å². The minimum absolute atomic E-state index is 0.186. The zero-order valence-electron chi connectivity index (χ0n) is 14.4. The number of benzene rings is 1. The highest BCUT2D eigenvalue weighted by Crippen LogP contribution is 2.42.